The van der Waals surface area contributed by atoms with Gasteiger partial charge in [-0.25, -0.2) is 0 Å². The fraction of sp³-hybridized carbons (Fsp3) is 0.0769. The van der Waals surface area contributed by atoms with E-state index < -0.39 is 6.04 Å². The average molecular weight is 313 g/mol. The topological polar surface area (TPSA) is 46.2 Å². The molecule has 0 saturated heterocycles. The number of hydrogen-bond donors (Lipinski definition) is 2. The zero-order chi connectivity index (χ0) is 12.4. The Labute approximate surface area is 113 Å². The van der Waals surface area contributed by atoms with E-state index in [9.17, 15) is 5.11 Å². The van der Waals surface area contributed by atoms with Gasteiger partial charge in [-0.15, -0.1) is 0 Å². The first kappa shape index (κ1) is 12.4. The number of benzene rings is 2. The molecule has 1 unspecified atom stereocenters. The van der Waals surface area contributed by atoms with Crippen LogP contribution in [0.3, 0.4) is 0 Å². The Kier molecular flexibility index (Phi) is 3.72. The van der Waals surface area contributed by atoms with Gasteiger partial charge in [-0.1, -0.05) is 41.9 Å². The van der Waals surface area contributed by atoms with Crippen LogP contribution in [0, 0.1) is 0 Å². The summed E-state index contributed by atoms with van der Waals surface area (Å²) in [4.78, 5) is 0. The smallest absolute Gasteiger partial charge is 0.134 e. The van der Waals surface area contributed by atoms with Crippen molar-refractivity contribution in [2.45, 2.75) is 6.04 Å². The quantitative estimate of drug-likeness (QED) is 0.884. The highest BCUT2D eigenvalue weighted by molar-refractivity contribution is 9.10. The first-order valence-electron chi connectivity index (χ1n) is 5.08. The number of phenolic OH excluding ortho intramolecular Hbond substituents is 1. The van der Waals surface area contributed by atoms with Gasteiger partial charge in [0.2, 0.25) is 0 Å². The van der Waals surface area contributed by atoms with Gasteiger partial charge < -0.3 is 10.8 Å². The molecule has 0 fully saturated rings. The van der Waals surface area contributed by atoms with Crippen LogP contribution in [-0.4, -0.2) is 5.11 Å². The van der Waals surface area contributed by atoms with Crippen LogP contribution in [0.5, 0.6) is 5.75 Å². The Balaban J connectivity index is 2.48. The van der Waals surface area contributed by atoms with Gasteiger partial charge in [-0.05, 0) is 33.6 Å². The summed E-state index contributed by atoms with van der Waals surface area (Å²) in [5, 5.41) is 10.5. The number of halogens is 2. The molecular formula is C13H11BrClNO. The van der Waals surface area contributed by atoms with Crippen molar-refractivity contribution in [3.8, 4) is 5.75 Å². The van der Waals surface area contributed by atoms with E-state index in [1.807, 2.05) is 30.3 Å². The van der Waals surface area contributed by atoms with E-state index in [2.05, 4.69) is 15.9 Å². The van der Waals surface area contributed by atoms with Gasteiger partial charge in [0, 0.05) is 10.6 Å². The zero-order valence-electron chi connectivity index (χ0n) is 8.90. The standard InChI is InChI=1S/C13H11BrClNO/c14-11-7-9(15)6-10(13(11)17)12(16)8-4-2-1-3-5-8/h1-7,12,17H,16H2. The molecule has 2 nitrogen and oxygen atoms in total. The predicted octanol–water partition coefficient (Wildman–Crippen LogP) is 3.86. The summed E-state index contributed by atoms with van der Waals surface area (Å²) in [7, 11) is 0. The van der Waals surface area contributed by atoms with Crippen molar-refractivity contribution in [3.63, 3.8) is 0 Å². The molecule has 0 aliphatic rings. The van der Waals surface area contributed by atoms with Gasteiger partial charge in [0.25, 0.3) is 0 Å². The fourth-order valence-electron chi connectivity index (χ4n) is 1.66. The van der Waals surface area contributed by atoms with Crippen LogP contribution in [0.2, 0.25) is 5.02 Å². The molecular weight excluding hydrogens is 302 g/mol. The molecule has 17 heavy (non-hydrogen) atoms. The van der Waals surface area contributed by atoms with E-state index in [1.165, 1.54) is 0 Å². The number of rotatable bonds is 2. The Morgan fingerprint density at radius 3 is 2.47 bits per heavy atom. The third-order valence-electron chi connectivity index (χ3n) is 2.55. The van der Waals surface area contributed by atoms with Crippen molar-refractivity contribution in [2.75, 3.05) is 0 Å². The molecule has 1 atom stereocenters. The molecule has 4 heteroatoms. The fourth-order valence-corrected chi connectivity index (χ4v) is 2.50. The normalized spacial score (nSPS) is 12.4. The van der Waals surface area contributed by atoms with Crippen molar-refractivity contribution >= 4 is 27.5 Å². The largest absolute Gasteiger partial charge is 0.506 e. The van der Waals surface area contributed by atoms with Crippen LogP contribution >= 0.6 is 27.5 Å². The highest BCUT2D eigenvalue weighted by Gasteiger charge is 2.15. The summed E-state index contributed by atoms with van der Waals surface area (Å²) < 4.78 is 0.548. The highest BCUT2D eigenvalue weighted by Crippen LogP contribution is 2.36. The minimum atomic E-state index is -0.397. The molecule has 0 saturated carbocycles. The number of aromatic hydroxyl groups is 1. The molecule has 0 amide bonds. The van der Waals surface area contributed by atoms with Gasteiger partial charge in [0.1, 0.15) is 5.75 Å². The molecule has 2 aromatic carbocycles. The third-order valence-corrected chi connectivity index (χ3v) is 3.37. The van der Waals surface area contributed by atoms with Crippen molar-refractivity contribution in [1.82, 2.24) is 0 Å². The second kappa shape index (κ2) is 5.08. The first-order valence-corrected chi connectivity index (χ1v) is 6.25. The Morgan fingerprint density at radius 1 is 1.18 bits per heavy atom. The second-order valence-corrected chi connectivity index (χ2v) is 5.00. The maximum atomic E-state index is 9.97. The maximum absolute atomic E-state index is 9.97. The molecule has 3 N–H and O–H groups in total. The van der Waals surface area contributed by atoms with E-state index in [1.54, 1.807) is 12.1 Å². The molecule has 0 heterocycles. The summed E-state index contributed by atoms with van der Waals surface area (Å²) in [6, 6.07) is 12.5. The third kappa shape index (κ3) is 2.63. The van der Waals surface area contributed by atoms with E-state index >= 15 is 0 Å². The van der Waals surface area contributed by atoms with Crippen LogP contribution in [0.4, 0.5) is 0 Å². The van der Waals surface area contributed by atoms with Gasteiger partial charge >= 0.3 is 0 Å². The zero-order valence-corrected chi connectivity index (χ0v) is 11.2. The van der Waals surface area contributed by atoms with Crippen molar-refractivity contribution in [1.29, 1.82) is 0 Å². The Bertz CT molecular complexity index is 530. The van der Waals surface area contributed by atoms with Crippen molar-refractivity contribution < 1.29 is 5.11 Å². The summed E-state index contributed by atoms with van der Waals surface area (Å²) in [6.45, 7) is 0. The van der Waals surface area contributed by atoms with E-state index in [4.69, 9.17) is 17.3 Å². The number of hydrogen-bond acceptors (Lipinski definition) is 2. The van der Waals surface area contributed by atoms with Crippen LogP contribution in [0.25, 0.3) is 0 Å². The number of nitrogens with two attached hydrogens (primary N) is 1. The minimum absolute atomic E-state index is 0.130. The molecule has 0 bridgehead atoms. The van der Waals surface area contributed by atoms with Gasteiger partial charge in [0.05, 0.1) is 10.5 Å². The lowest BCUT2D eigenvalue weighted by atomic mass is 9.99. The second-order valence-electron chi connectivity index (χ2n) is 3.71. The van der Waals surface area contributed by atoms with Crippen LogP contribution < -0.4 is 5.73 Å². The summed E-state index contributed by atoms with van der Waals surface area (Å²) in [5.41, 5.74) is 7.65. The molecule has 0 aliphatic carbocycles. The summed E-state index contributed by atoms with van der Waals surface area (Å²) >= 11 is 9.20. The SMILES string of the molecule is NC(c1ccccc1)c1cc(Cl)cc(Br)c1O. The van der Waals surface area contributed by atoms with E-state index in [0.29, 0.717) is 15.1 Å². The molecule has 0 spiro atoms. The van der Waals surface area contributed by atoms with Crippen LogP contribution in [0.1, 0.15) is 17.2 Å². The Hall–Kier alpha value is -1.03. The summed E-state index contributed by atoms with van der Waals surface area (Å²) in [6.07, 6.45) is 0. The Morgan fingerprint density at radius 2 is 1.82 bits per heavy atom. The molecule has 0 radical (unpaired) electrons. The minimum Gasteiger partial charge on any atom is -0.506 e. The van der Waals surface area contributed by atoms with E-state index in [0.717, 1.165) is 5.56 Å². The lowest BCUT2D eigenvalue weighted by molar-refractivity contribution is 0.462. The number of phenols is 1. The van der Waals surface area contributed by atoms with Gasteiger partial charge in [-0.2, -0.15) is 0 Å². The van der Waals surface area contributed by atoms with Crippen molar-refractivity contribution in [2.24, 2.45) is 5.73 Å². The monoisotopic (exact) mass is 311 g/mol. The summed E-state index contributed by atoms with van der Waals surface area (Å²) in [5.74, 6) is 0.130. The first-order chi connectivity index (χ1) is 8.09. The maximum Gasteiger partial charge on any atom is 0.134 e. The lowest BCUT2D eigenvalue weighted by Gasteiger charge is -2.15. The predicted molar refractivity (Wildman–Crippen MR) is 73.3 cm³/mol. The molecule has 2 rings (SSSR count). The van der Waals surface area contributed by atoms with Crippen molar-refractivity contribution in [3.05, 3.63) is 63.1 Å². The highest BCUT2D eigenvalue weighted by atomic mass is 79.9. The van der Waals surface area contributed by atoms with Crippen LogP contribution in [-0.2, 0) is 0 Å². The molecule has 0 aromatic heterocycles. The molecule has 0 aliphatic heterocycles. The average Bonchev–Trinajstić information content (AvgIpc) is 2.34. The van der Waals surface area contributed by atoms with Crippen LogP contribution in [0.15, 0.2) is 46.9 Å². The molecule has 88 valence electrons. The van der Waals surface area contributed by atoms with Gasteiger partial charge in [0.15, 0.2) is 0 Å². The van der Waals surface area contributed by atoms with E-state index in [-0.39, 0.29) is 5.75 Å². The van der Waals surface area contributed by atoms with Gasteiger partial charge in [-0.3, -0.25) is 0 Å². The molecule has 2 aromatic rings. The lowest BCUT2D eigenvalue weighted by Crippen LogP contribution is -2.12.